The molecule has 0 aromatic carbocycles. The maximum Gasteiger partial charge on any atom is 0.303 e. The van der Waals surface area contributed by atoms with E-state index in [1.807, 2.05) is 6.08 Å². The van der Waals surface area contributed by atoms with Crippen molar-refractivity contribution in [3.8, 4) is 0 Å². The molecule has 1 aliphatic rings. The molecule has 126 valence electrons. The Bertz CT molecular complexity index is 358. The van der Waals surface area contributed by atoms with Gasteiger partial charge in [0, 0.05) is 12.8 Å². The molecule has 0 spiro atoms. The maximum absolute atomic E-state index is 11.1. The number of ketones is 1. The molecule has 0 saturated carbocycles. The average molecular weight is 308 g/mol. The Balaban J connectivity index is 1.74. The first-order valence-electron chi connectivity index (χ1n) is 9.12. The van der Waals surface area contributed by atoms with Gasteiger partial charge in [0.2, 0.25) is 0 Å². The number of hydrogen-bond donors (Lipinski definition) is 1. The first-order chi connectivity index (χ1) is 10.7. The van der Waals surface area contributed by atoms with Gasteiger partial charge in [0.15, 0.2) is 5.78 Å². The Kier molecular flexibility index (Phi) is 10.7. The maximum atomic E-state index is 11.1. The SMILES string of the molecule is O=C(O)CCCCCCCCCCCCCC1=CC(=O)CC1. The summed E-state index contributed by atoms with van der Waals surface area (Å²) in [7, 11) is 0. The third-order valence-electron chi connectivity index (χ3n) is 4.45. The molecule has 3 heteroatoms. The molecule has 0 atom stereocenters. The van der Waals surface area contributed by atoms with Crippen molar-refractivity contribution in [2.45, 2.75) is 96.3 Å². The highest BCUT2D eigenvalue weighted by Gasteiger charge is 2.10. The van der Waals surface area contributed by atoms with E-state index >= 15 is 0 Å². The molecular formula is C19H32O3. The van der Waals surface area contributed by atoms with Gasteiger partial charge in [-0.15, -0.1) is 0 Å². The number of hydrogen-bond acceptors (Lipinski definition) is 2. The zero-order valence-corrected chi connectivity index (χ0v) is 13.9. The number of carboxylic acid groups (broad SMARTS) is 1. The lowest BCUT2D eigenvalue weighted by molar-refractivity contribution is -0.137. The predicted octanol–water partition coefficient (Wildman–Crippen LogP) is 5.43. The molecule has 3 nitrogen and oxygen atoms in total. The Morgan fingerprint density at radius 3 is 1.77 bits per heavy atom. The van der Waals surface area contributed by atoms with Gasteiger partial charge in [-0.3, -0.25) is 9.59 Å². The second kappa shape index (κ2) is 12.4. The third kappa shape index (κ3) is 10.6. The predicted molar refractivity (Wildman–Crippen MR) is 90.0 cm³/mol. The highest BCUT2D eigenvalue weighted by molar-refractivity contribution is 5.92. The number of rotatable bonds is 14. The molecule has 22 heavy (non-hydrogen) atoms. The van der Waals surface area contributed by atoms with E-state index in [0.29, 0.717) is 12.2 Å². The third-order valence-corrected chi connectivity index (χ3v) is 4.45. The standard InChI is InChI=1S/C19H32O3/c20-18-15-14-17(16-18)12-10-8-6-4-2-1-3-5-7-9-11-13-19(21)22/h16H,1-15H2,(H,21,22). The van der Waals surface area contributed by atoms with Crippen molar-refractivity contribution in [3.63, 3.8) is 0 Å². The minimum absolute atomic E-state index is 0.318. The second-order valence-electron chi connectivity index (χ2n) is 6.55. The van der Waals surface area contributed by atoms with Crippen molar-refractivity contribution in [1.82, 2.24) is 0 Å². The van der Waals surface area contributed by atoms with Gasteiger partial charge in [-0.25, -0.2) is 0 Å². The van der Waals surface area contributed by atoms with E-state index in [1.54, 1.807) is 0 Å². The normalized spacial score (nSPS) is 14.4. The summed E-state index contributed by atoms with van der Waals surface area (Å²) in [5.74, 6) is -0.353. The van der Waals surface area contributed by atoms with Crippen LogP contribution in [0.2, 0.25) is 0 Å². The highest BCUT2D eigenvalue weighted by Crippen LogP contribution is 2.21. The molecule has 0 aromatic heterocycles. The fraction of sp³-hybridized carbons (Fsp3) is 0.789. The van der Waals surface area contributed by atoms with E-state index in [1.165, 1.54) is 63.4 Å². The van der Waals surface area contributed by atoms with Crippen LogP contribution in [0.1, 0.15) is 96.3 Å². The molecule has 1 rings (SSSR count). The Hall–Kier alpha value is -1.12. The molecule has 0 amide bonds. The number of allylic oxidation sites excluding steroid dienone is 2. The molecule has 0 radical (unpaired) electrons. The minimum atomic E-state index is -0.671. The summed E-state index contributed by atoms with van der Waals surface area (Å²) < 4.78 is 0. The van der Waals surface area contributed by atoms with Gasteiger partial charge in [0.1, 0.15) is 0 Å². The lowest BCUT2D eigenvalue weighted by Gasteiger charge is -2.03. The van der Waals surface area contributed by atoms with E-state index in [9.17, 15) is 9.59 Å². The molecular weight excluding hydrogens is 276 g/mol. The number of carboxylic acids is 1. The van der Waals surface area contributed by atoms with Crippen LogP contribution in [-0.4, -0.2) is 16.9 Å². The van der Waals surface area contributed by atoms with E-state index < -0.39 is 5.97 Å². The summed E-state index contributed by atoms with van der Waals surface area (Å²) in [6, 6.07) is 0. The summed E-state index contributed by atoms with van der Waals surface area (Å²) in [5, 5.41) is 8.53. The monoisotopic (exact) mass is 308 g/mol. The number of carbonyl (C=O) groups is 2. The van der Waals surface area contributed by atoms with E-state index in [-0.39, 0.29) is 0 Å². The second-order valence-corrected chi connectivity index (χ2v) is 6.55. The molecule has 1 N–H and O–H groups in total. The van der Waals surface area contributed by atoms with Crippen LogP contribution < -0.4 is 0 Å². The van der Waals surface area contributed by atoms with Crippen molar-refractivity contribution in [1.29, 1.82) is 0 Å². The van der Waals surface area contributed by atoms with Gasteiger partial charge < -0.3 is 5.11 Å². The lowest BCUT2D eigenvalue weighted by Crippen LogP contribution is -1.93. The van der Waals surface area contributed by atoms with E-state index in [2.05, 4.69) is 0 Å². The van der Waals surface area contributed by atoms with Gasteiger partial charge in [-0.2, -0.15) is 0 Å². The summed E-state index contributed by atoms with van der Waals surface area (Å²) in [6.45, 7) is 0. The molecule has 0 bridgehead atoms. The first-order valence-corrected chi connectivity index (χ1v) is 9.12. The van der Waals surface area contributed by atoms with Crippen LogP contribution in [0, 0.1) is 0 Å². The molecule has 0 heterocycles. The quantitative estimate of drug-likeness (QED) is 0.435. The van der Waals surface area contributed by atoms with Crippen LogP contribution in [0.3, 0.4) is 0 Å². The smallest absolute Gasteiger partial charge is 0.303 e. The summed E-state index contributed by atoms with van der Waals surface area (Å²) in [5.41, 5.74) is 1.37. The van der Waals surface area contributed by atoms with Gasteiger partial charge >= 0.3 is 5.97 Å². The Morgan fingerprint density at radius 2 is 1.32 bits per heavy atom. The van der Waals surface area contributed by atoms with Crippen LogP contribution in [0.25, 0.3) is 0 Å². The van der Waals surface area contributed by atoms with Crippen LogP contribution in [0.4, 0.5) is 0 Å². The Labute approximate surface area is 135 Å². The molecule has 0 saturated heterocycles. The van der Waals surface area contributed by atoms with Gasteiger partial charge in [0.05, 0.1) is 0 Å². The van der Waals surface area contributed by atoms with Crippen LogP contribution in [0.5, 0.6) is 0 Å². The number of unbranched alkanes of at least 4 members (excludes halogenated alkanes) is 10. The van der Waals surface area contributed by atoms with Gasteiger partial charge in [0.25, 0.3) is 0 Å². The highest BCUT2D eigenvalue weighted by atomic mass is 16.4. The van der Waals surface area contributed by atoms with E-state index in [0.717, 1.165) is 32.1 Å². The van der Waals surface area contributed by atoms with Crippen molar-refractivity contribution in [3.05, 3.63) is 11.6 Å². The average Bonchev–Trinajstić information content (AvgIpc) is 2.89. The van der Waals surface area contributed by atoms with Crippen LogP contribution in [-0.2, 0) is 9.59 Å². The largest absolute Gasteiger partial charge is 0.481 e. The Morgan fingerprint density at radius 1 is 0.818 bits per heavy atom. The summed E-state index contributed by atoms with van der Waals surface area (Å²) >= 11 is 0. The van der Waals surface area contributed by atoms with Crippen molar-refractivity contribution in [2.75, 3.05) is 0 Å². The summed E-state index contributed by atoms with van der Waals surface area (Å²) in [6.07, 6.45) is 18.5. The molecule has 0 fully saturated rings. The molecule has 0 aromatic rings. The molecule has 0 aliphatic heterocycles. The lowest BCUT2D eigenvalue weighted by atomic mass is 10.0. The topological polar surface area (TPSA) is 54.4 Å². The fourth-order valence-electron chi connectivity index (χ4n) is 3.07. The zero-order chi connectivity index (χ0) is 16.0. The molecule has 1 aliphatic carbocycles. The van der Waals surface area contributed by atoms with E-state index in [4.69, 9.17) is 5.11 Å². The van der Waals surface area contributed by atoms with Gasteiger partial charge in [-0.1, -0.05) is 63.4 Å². The van der Waals surface area contributed by atoms with Crippen LogP contribution in [0.15, 0.2) is 11.6 Å². The first kappa shape index (κ1) is 18.9. The zero-order valence-electron chi connectivity index (χ0n) is 13.9. The van der Waals surface area contributed by atoms with Crippen molar-refractivity contribution >= 4 is 11.8 Å². The number of carbonyl (C=O) groups excluding carboxylic acids is 1. The van der Waals surface area contributed by atoms with Crippen molar-refractivity contribution < 1.29 is 14.7 Å². The van der Waals surface area contributed by atoms with Crippen LogP contribution >= 0.6 is 0 Å². The van der Waals surface area contributed by atoms with Gasteiger partial charge in [-0.05, 0) is 31.8 Å². The fourth-order valence-corrected chi connectivity index (χ4v) is 3.07. The molecule has 0 unspecified atom stereocenters. The summed E-state index contributed by atoms with van der Waals surface area (Å²) in [4.78, 5) is 21.5. The van der Waals surface area contributed by atoms with Crippen molar-refractivity contribution in [2.24, 2.45) is 0 Å². The number of aliphatic carboxylic acids is 1. The minimum Gasteiger partial charge on any atom is -0.481 e.